The van der Waals surface area contributed by atoms with Crippen molar-refractivity contribution in [3.8, 4) is 0 Å². The second kappa shape index (κ2) is 4.74. The molecule has 4 nitrogen and oxygen atoms in total. The molecule has 0 saturated heterocycles. The molecule has 0 spiro atoms. The summed E-state index contributed by atoms with van der Waals surface area (Å²) in [6, 6.07) is 15.1. The molecule has 0 radical (unpaired) electrons. The Kier molecular flexibility index (Phi) is 2.93. The minimum Gasteiger partial charge on any atom is -0.383 e. The lowest BCUT2D eigenvalue weighted by atomic mass is 10.2. The third kappa shape index (κ3) is 2.44. The van der Waals surface area contributed by atoms with Crippen LogP contribution in [0.25, 0.3) is 10.9 Å². The second-order valence-corrected chi connectivity index (χ2v) is 4.52. The van der Waals surface area contributed by atoms with Gasteiger partial charge < -0.3 is 11.1 Å². The van der Waals surface area contributed by atoms with Crippen LogP contribution in [-0.4, -0.2) is 9.97 Å². The van der Waals surface area contributed by atoms with Gasteiger partial charge in [-0.3, -0.25) is 0 Å². The van der Waals surface area contributed by atoms with Crippen LogP contribution in [-0.2, 0) is 0 Å². The van der Waals surface area contributed by atoms with E-state index in [1.807, 2.05) is 36.4 Å². The molecule has 1 heterocycles. The van der Waals surface area contributed by atoms with Gasteiger partial charge in [-0.2, -0.15) is 4.98 Å². The van der Waals surface area contributed by atoms with Crippen LogP contribution in [0.15, 0.2) is 48.5 Å². The molecule has 0 aliphatic heterocycles. The lowest BCUT2D eigenvalue weighted by molar-refractivity contribution is 1.22. The van der Waals surface area contributed by atoms with Crippen LogP contribution in [0.2, 0.25) is 5.02 Å². The summed E-state index contributed by atoms with van der Waals surface area (Å²) in [5.74, 6) is 0.879. The third-order valence-electron chi connectivity index (χ3n) is 2.72. The maximum absolute atomic E-state index is 5.93. The fraction of sp³-hybridized carbons (Fsp3) is 0. The Morgan fingerprint density at radius 1 is 1.00 bits per heavy atom. The largest absolute Gasteiger partial charge is 0.383 e. The molecular weight excluding hydrogens is 260 g/mol. The highest BCUT2D eigenvalue weighted by atomic mass is 35.5. The van der Waals surface area contributed by atoms with Crippen LogP contribution in [0.3, 0.4) is 0 Å². The summed E-state index contributed by atoms with van der Waals surface area (Å²) in [5, 5.41) is 4.49. The first kappa shape index (κ1) is 11.7. The second-order valence-electron chi connectivity index (χ2n) is 4.08. The lowest BCUT2D eigenvalue weighted by Crippen LogP contribution is -2.01. The van der Waals surface area contributed by atoms with E-state index in [1.165, 1.54) is 0 Å². The van der Waals surface area contributed by atoms with E-state index < -0.39 is 0 Å². The van der Waals surface area contributed by atoms with Gasteiger partial charge in [-0.15, -0.1) is 0 Å². The van der Waals surface area contributed by atoms with Gasteiger partial charge in [0.1, 0.15) is 5.82 Å². The summed E-state index contributed by atoms with van der Waals surface area (Å²) in [6.07, 6.45) is 0. The maximum atomic E-state index is 5.93. The summed E-state index contributed by atoms with van der Waals surface area (Å²) in [5.41, 5.74) is 7.60. The van der Waals surface area contributed by atoms with Gasteiger partial charge in [-0.05, 0) is 30.3 Å². The van der Waals surface area contributed by atoms with Crippen LogP contribution < -0.4 is 11.1 Å². The number of nitrogens with one attached hydrogen (secondary N) is 1. The third-order valence-corrected chi connectivity index (χ3v) is 2.95. The number of nitrogens with two attached hydrogens (primary N) is 1. The van der Waals surface area contributed by atoms with Crippen LogP contribution in [0.5, 0.6) is 0 Å². The maximum Gasteiger partial charge on any atom is 0.229 e. The van der Waals surface area contributed by atoms with E-state index in [9.17, 15) is 0 Å². The first-order valence-corrected chi connectivity index (χ1v) is 6.15. The van der Waals surface area contributed by atoms with E-state index in [0.717, 1.165) is 16.6 Å². The van der Waals surface area contributed by atoms with Gasteiger partial charge in [-0.25, -0.2) is 4.98 Å². The number of anilines is 3. The number of fused-ring (bicyclic) bond motifs is 1. The molecule has 3 N–H and O–H groups in total. The molecule has 2 aromatic carbocycles. The summed E-state index contributed by atoms with van der Waals surface area (Å²) in [7, 11) is 0. The molecule has 19 heavy (non-hydrogen) atoms. The van der Waals surface area contributed by atoms with Crippen molar-refractivity contribution in [3.63, 3.8) is 0 Å². The van der Waals surface area contributed by atoms with Crippen molar-refractivity contribution >= 4 is 40.0 Å². The smallest absolute Gasteiger partial charge is 0.229 e. The molecule has 3 rings (SSSR count). The fourth-order valence-electron chi connectivity index (χ4n) is 1.83. The zero-order valence-corrected chi connectivity index (χ0v) is 10.7. The number of nitrogens with zero attached hydrogens (tertiary/aromatic N) is 2. The van der Waals surface area contributed by atoms with Crippen molar-refractivity contribution in [2.45, 2.75) is 0 Å². The summed E-state index contributed by atoms with van der Waals surface area (Å²) in [6.45, 7) is 0. The van der Waals surface area contributed by atoms with Crippen molar-refractivity contribution in [2.75, 3.05) is 11.1 Å². The monoisotopic (exact) mass is 270 g/mol. The van der Waals surface area contributed by atoms with Crippen LogP contribution in [0, 0.1) is 0 Å². The molecule has 5 heteroatoms. The molecule has 94 valence electrons. The highest BCUT2D eigenvalue weighted by Crippen LogP contribution is 2.24. The van der Waals surface area contributed by atoms with Crippen LogP contribution >= 0.6 is 11.6 Å². The SMILES string of the molecule is Nc1nc(Nc2ccccc2)nc2ccc(Cl)cc12. The zero-order chi connectivity index (χ0) is 13.2. The normalized spacial score (nSPS) is 10.6. The number of para-hydroxylation sites is 1. The molecule has 0 saturated carbocycles. The van der Waals surface area contributed by atoms with E-state index in [2.05, 4.69) is 15.3 Å². The predicted octanol–water partition coefficient (Wildman–Crippen LogP) is 3.61. The molecule has 0 aliphatic carbocycles. The van der Waals surface area contributed by atoms with E-state index in [4.69, 9.17) is 17.3 Å². The minimum atomic E-state index is 0.408. The molecule has 0 aliphatic rings. The van der Waals surface area contributed by atoms with Crippen LogP contribution in [0.4, 0.5) is 17.5 Å². The minimum absolute atomic E-state index is 0.408. The Labute approximate surface area is 115 Å². The van der Waals surface area contributed by atoms with Gasteiger partial charge in [0.05, 0.1) is 5.52 Å². The first-order chi connectivity index (χ1) is 9.22. The van der Waals surface area contributed by atoms with E-state index >= 15 is 0 Å². The van der Waals surface area contributed by atoms with Gasteiger partial charge in [0.25, 0.3) is 0 Å². The molecule has 3 aromatic rings. The Morgan fingerprint density at radius 3 is 2.58 bits per heavy atom. The number of hydrogen-bond donors (Lipinski definition) is 2. The number of halogens is 1. The Bertz CT molecular complexity index is 728. The standard InChI is InChI=1S/C14H11ClN4/c15-9-6-7-12-11(8-9)13(16)19-14(18-12)17-10-4-2-1-3-5-10/h1-8H,(H3,16,17,18,19). The summed E-state index contributed by atoms with van der Waals surface area (Å²) < 4.78 is 0. The van der Waals surface area contributed by atoms with Crippen molar-refractivity contribution in [3.05, 3.63) is 53.6 Å². The van der Waals surface area contributed by atoms with Gasteiger partial charge in [0.15, 0.2) is 0 Å². The molecule has 0 fully saturated rings. The quantitative estimate of drug-likeness (QED) is 0.747. The average molecular weight is 271 g/mol. The highest BCUT2D eigenvalue weighted by molar-refractivity contribution is 6.31. The Balaban J connectivity index is 2.04. The summed E-state index contributed by atoms with van der Waals surface area (Å²) in [4.78, 5) is 8.65. The Morgan fingerprint density at radius 2 is 1.79 bits per heavy atom. The number of benzene rings is 2. The highest BCUT2D eigenvalue weighted by Gasteiger charge is 2.06. The lowest BCUT2D eigenvalue weighted by Gasteiger charge is -2.07. The summed E-state index contributed by atoms with van der Waals surface area (Å²) >= 11 is 5.93. The van der Waals surface area contributed by atoms with E-state index in [0.29, 0.717) is 16.8 Å². The van der Waals surface area contributed by atoms with Gasteiger partial charge in [0, 0.05) is 16.1 Å². The molecule has 0 amide bonds. The molecule has 0 bridgehead atoms. The molecule has 0 atom stereocenters. The topological polar surface area (TPSA) is 63.8 Å². The molecular formula is C14H11ClN4. The van der Waals surface area contributed by atoms with E-state index in [1.54, 1.807) is 12.1 Å². The van der Waals surface area contributed by atoms with Gasteiger partial charge in [0.2, 0.25) is 5.95 Å². The number of aromatic nitrogens is 2. The van der Waals surface area contributed by atoms with Gasteiger partial charge in [-0.1, -0.05) is 29.8 Å². The van der Waals surface area contributed by atoms with E-state index in [-0.39, 0.29) is 0 Å². The number of nitrogen functional groups attached to an aromatic ring is 1. The number of hydrogen-bond acceptors (Lipinski definition) is 4. The molecule has 1 aromatic heterocycles. The first-order valence-electron chi connectivity index (χ1n) is 5.77. The fourth-order valence-corrected chi connectivity index (χ4v) is 2.00. The van der Waals surface area contributed by atoms with Crippen LogP contribution in [0.1, 0.15) is 0 Å². The van der Waals surface area contributed by atoms with Crippen molar-refractivity contribution in [2.24, 2.45) is 0 Å². The van der Waals surface area contributed by atoms with Crippen molar-refractivity contribution < 1.29 is 0 Å². The van der Waals surface area contributed by atoms with Crippen molar-refractivity contribution in [1.82, 2.24) is 9.97 Å². The Hall–Kier alpha value is -2.33. The van der Waals surface area contributed by atoms with Crippen molar-refractivity contribution in [1.29, 1.82) is 0 Å². The van der Waals surface area contributed by atoms with Gasteiger partial charge >= 0.3 is 0 Å². The number of rotatable bonds is 2. The predicted molar refractivity (Wildman–Crippen MR) is 78.7 cm³/mol. The zero-order valence-electron chi connectivity index (χ0n) is 9.97. The average Bonchev–Trinajstić information content (AvgIpc) is 2.41. The molecule has 0 unspecified atom stereocenters.